The fraction of sp³-hybridized carbons (Fsp3) is 0.923. The van der Waals surface area contributed by atoms with Crippen LogP contribution in [0.1, 0.15) is 40.0 Å². The molecule has 0 heterocycles. The lowest BCUT2D eigenvalue weighted by atomic mass is 10.00. The number of amides is 1. The SMILES string of the molecule is CCCN(CCN(C)C)C(=O)CCC(C)(C)N. The van der Waals surface area contributed by atoms with Gasteiger partial charge in [-0.25, -0.2) is 0 Å². The summed E-state index contributed by atoms with van der Waals surface area (Å²) in [6, 6.07) is 0. The second-order valence-electron chi connectivity index (χ2n) is 5.67. The van der Waals surface area contributed by atoms with E-state index in [0.717, 1.165) is 32.5 Å². The molecule has 1 amide bonds. The van der Waals surface area contributed by atoms with Crippen LogP contribution >= 0.6 is 0 Å². The summed E-state index contributed by atoms with van der Waals surface area (Å²) in [5.74, 6) is 0.229. The van der Waals surface area contributed by atoms with Crippen molar-refractivity contribution in [3.05, 3.63) is 0 Å². The number of nitrogens with zero attached hydrogens (tertiary/aromatic N) is 2. The molecule has 0 saturated heterocycles. The summed E-state index contributed by atoms with van der Waals surface area (Å²) < 4.78 is 0. The van der Waals surface area contributed by atoms with E-state index < -0.39 is 0 Å². The Balaban J connectivity index is 4.14. The van der Waals surface area contributed by atoms with Crippen LogP contribution in [-0.2, 0) is 4.79 Å². The van der Waals surface area contributed by atoms with E-state index in [2.05, 4.69) is 11.8 Å². The second-order valence-corrected chi connectivity index (χ2v) is 5.67. The monoisotopic (exact) mass is 243 g/mol. The highest BCUT2D eigenvalue weighted by atomic mass is 16.2. The Morgan fingerprint density at radius 3 is 2.18 bits per heavy atom. The van der Waals surface area contributed by atoms with Crippen molar-refractivity contribution in [3.63, 3.8) is 0 Å². The van der Waals surface area contributed by atoms with E-state index in [1.165, 1.54) is 0 Å². The molecule has 17 heavy (non-hydrogen) atoms. The maximum atomic E-state index is 12.0. The lowest BCUT2D eigenvalue weighted by Gasteiger charge is -2.26. The molecule has 0 bridgehead atoms. The summed E-state index contributed by atoms with van der Waals surface area (Å²) in [6.07, 6.45) is 2.30. The molecule has 0 atom stereocenters. The molecule has 4 heteroatoms. The highest BCUT2D eigenvalue weighted by molar-refractivity contribution is 5.76. The van der Waals surface area contributed by atoms with E-state index >= 15 is 0 Å². The van der Waals surface area contributed by atoms with Gasteiger partial charge in [0, 0.05) is 31.6 Å². The van der Waals surface area contributed by atoms with Gasteiger partial charge in [-0.1, -0.05) is 6.92 Å². The summed E-state index contributed by atoms with van der Waals surface area (Å²) >= 11 is 0. The van der Waals surface area contributed by atoms with Gasteiger partial charge in [0.2, 0.25) is 5.91 Å². The molecule has 0 aromatic rings. The number of hydrogen-bond donors (Lipinski definition) is 1. The summed E-state index contributed by atoms with van der Waals surface area (Å²) in [4.78, 5) is 16.1. The molecular weight excluding hydrogens is 214 g/mol. The first-order valence-corrected chi connectivity index (χ1v) is 6.47. The number of rotatable bonds is 8. The van der Waals surface area contributed by atoms with Crippen molar-refractivity contribution in [1.82, 2.24) is 9.80 Å². The van der Waals surface area contributed by atoms with E-state index in [1.54, 1.807) is 0 Å². The van der Waals surface area contributed by atoms with Crippen molar-refractivity contribution in [2.45, 2.75) is 45.6 Å². The van der Waals surface area contributed by atoms with Crippen LogP contribution in [0.5, 0.6) is 0 Å². The lowest BCUT2D eigenvalue weighted by Crippen LogP contribution is -2.39. The topological polar surface area (TPSA) is 49.6 Å². The maximum absolute atomic E-state index is 12.0. The minimum Gasteiger partial charge on any atom is -0.341 e. The Morgan fingerprint density at radius 2 is 1.76 bits per heavy atom. The molecule has 0 spiro atoms. The Labute approximate surface area is 106 Å². The van der Waals surface area contributed by atoms with Crippen molar-refractivity contribution in [2.75, 3.05) is 33.7 Å². The summed E-state index contributed by atoms with van der Waals surface area (Å²) in [5, 5.41) is 0. The quantitative estimate of drug-likeness (QED) is 0.699. The predicted molar refractivity (Wildman–Crippen MR) is 72.9 cm³/mol. The van der Waals surface area contributed by atoms with Crippen LogP contribution in [0.25, 0.3) is 0 Å². The third-order valence-corrected chi connectivity index (χ3v) is 2.65. The zero-order valence-electron chi connectivity index (χ0n) is 12.1. The predicted octanol–water partition coefficient (Wildman–Crippen LogP) is 1.30. The van der Waals surface area contributed by atoms with Crippen LogP contribution in [0.4, 0.5) is 0 Å². The van der Waals surface area contributed by atoms with Crippen LogP contribution in [0.3, 0.4) is 0 Å². The molecule has 0 unspecified atom stereocenters. The minimum absolute atomic E-state index is 0.229. The zero-order valence-corrected chi connectivity index (χ0v) is 12.1. The van der Waals surface area contributed by atoms with Gasteiger partial charge in [-0.05, 0) is 40.8 Å². The minimum atomic E-state index is -0.255. The molecule has 0 aliphatic carbocycles. The average Bonchev–Trinajstić information content (AvgIpc) is 2.19. The van der Waals surface area contributed by atoms with E-state index in [1.807, 2.05) is 32.8 Å². The zero-order chi connectivity index (χ0) is 13.5. The van der Waals surface area contributed by atoms with Gasteiger partial charge in [-0.2, -0.15) is 0 Å². The summed E-state index contributed by atoms with van der Waals surface area (Å²) in [6.45, 7) is 8.59. The van der Waals surface area contributed by atoms with Crippen LogP contribution in [0.2, 0.25) is 0 Å². The van der Waals surface area contributed by atoms with E-state index in [9.17, 15) is 4.79 Å². The van der Waals surface area contributed by atoms with Gasteiger partial charge >= 0.3 is 0 Å². The van der Waals surface area contributed by atoms with Gasteiger partial charge in [0.15, 0.2) is 0 Å². The number of carbonyl (C=O) groups excluding carboxylic acids is 1. The molecular formula is C13H29N3O. The Morgan fingerprint density at radius 1 is 1.18 bits per heavy atom. The number of nitrogens with two attached hydrogens (primary N) is 1. The number of hydrogen-bond acceptors (Lipinski definition) is 3. The van der Waals surface area contributed by atoms with Crippen molar-refractivity contribution in [3.8, 4) is 0 Å². The van der Waals surface area contributed by atoms with Gasteiger partial charge in [0.05, 0.1) is 0 Å². The molecule has 0 saturated carbocycles. The van der Waals surface area contributed by atoms with E-state index in [4.69, 9.17) is 5.73 Å². The molecule has 0 rings (SSSR count). The Kier molecular flexibility index (Phi) is 7.39. The second kappa shape index (κ2) is 7.67. The lowest BCUT2D eigenvalue weighted by molar-refractivity contribution is -0.131. The highest BCUT2D eigenvalue weighted by Crippen LogP contribution is 2.09. The maximum Gasteiger partial charge on any atom is 0.222 e. The molecule has 102 valence electrons. The van der Waals surface area contributed by atoms with Crippen molar-refractivity contribution < 1.29 is 4.79 Å². The molecule has 0 fully saturated rings. The third kappa shape index (κ3) is 9.12. The first-order valence-electron chi connectivity index (χ1n) is 6.47. The van der Waals surface area contributed by atoms with Crippen LogP contribution in [0, 0.1) is 0 Å². The summed E-state index contributed by atoms with van der Waals surface area (Å²) in [7, 11) is 4.05. The van der Waals surface area contributed by atoms with Gasteiger partial charge in [0.25, 0.3) is 0 Å². The number of likely N-dealkylation sites (N-methyl/N-ethyl adjacent to an activating group) is 1. The van der Waals surface area contributed by atoms with Gasteiger partial charge in [-0.3, -0.25) is 4.79 Å². The van der Waals surface area contributed by atoms with Crippen molar-refractivity contribution in [2.24, 2.45) is 5.73 Å². The normalized spacial score (nSPS) is 11.9. The van der Waals surface area contributed by atoms with Crippen LogP contribution in [-0.4, -0.2) is 55.0 Å². The fourth-order valence-corrected chi connectivity index (χ4v) is 1.54. The molecule has 0 aliphatic heterocycles. The van der Waals surface area contributed by atoms with E-state index in [-0.39, 0.29) is 11.4 Å². The smallest absolute Gasteiger partial charge is 0.222 e. The van der Waals surface area contributed by atoms with Crippen LogP contribution < -0.4 is 5.73 Å². The first kappa shape index (κ1) is 16.4. The standard InChI is InChI=1S/C13H29N3O/c1-6-9-16(11-10-15(4)5)12(17)7-8-13(2,3)14/h6-11,14H2,1-5H3. The third-order valence-electron chi connectivity index (χ3n) is 2.65. The molecule has 0 radical (unpaired) electrons. The Hall–Kier alpha value is -0.610. The Bertz CT molecular complexity index is 221. The van der Waals surface area contributed by atoms with Gasteiger partial charge < -0.3 is 15.5 Å². The van der Waals surface area contributed by atoms with Crippen molar-refractivity contribution >= 4 is 5.91 Å². The van der Waals surface area contributed by atoms with E-state index in [0.29, 0.717) is 6.42 Å². The van der Waals surface area contributed by atoms with Crippen LogP contribution in [0.15, 0.2) is 0 Å². The first-order chi connectivity index (χ1) is 7.76. The molecule has 0 aromatic heterocycles. The summed E-state index contributed by atoms with van der Waals surface area (Å²) in [5.41, 5.74) is 5.65. The molecule has 4 nitrogen and oxygen atoms in total. The molecule has 0 aromatic carbocycles. The average molecular weight is 243 g/mol. The number of carbonyl (C=O) groups is 1. The van der Waals surface area contributed by atoms with Gasteiger partial charge in [0.1, 0.15) is 0 Å². The highest BCUT2D eigenvalue weighted by Gasteiger charge is 2.17. The molecule has 2 N–H and O–H groups in total. The molecule has 0 aliphatic rings. The fourth-order valence-electron chi connectivity index (χ4n) is 1.54. The van der Waals surface area contributed by atoms with Gasteiger partial charge in [-0.15, -0.1) is 0 Å². The largest absolute Gasteiger partial charge is 0.341 e. The van der Waals surface area contributed by atoms with Crippen molar-refractivity contribution in [1.29, 1.82) is 0 Å².